The van der Waals surface area contributed by atoms with E-state index in [0.717, 1.165) is 6.26 Å². The van der Waals surface area contributed by atoms with Gasteiger partial charge in [0.2, 0.25) is 10.0 Å². The van der Waals surface area contributed by atoms with Crippen LogP contribution in [0.2, 0.25) is 5.02 Å². The molecule has 134 valence electrons. The van der Waals surface area contributed by atoms with Crippen LogP contribution in [0, 0.1) is 0 Å². The number of hydrogen-bond donors (Lipinski definition) is 1. The zero-order valence-electron chi connectivity index (χ0n) is 13.9. The van der Waals surface area contributed by atoms with Crippen LogP contribution in [-0.4, -0.2) is 40.8 Å². The summed E-state index contributed by atoms with van der Waals surface area (Å²) in [6.45, 7) is 0.241. The number of halogens is 1. The van der Waals surface area contributed by atoms with Crippen LogP contribution in [0.25, 0.3) is 0 Å². The van der Waals surface area contributed by atoms with Gasteiger partial charge in [-0.3, -0.25) is 9.10 Å². The molecule has 2 aromatic carbocycles. The Labute approximate surface area is 152 Å². The van der Waals surface area contributed by atoms with Crippen LogP contribution in [0.4, 0.5) is 5.69 Å². The van der Waals surface area contributed by atoms with E-state index in [1.54, 1.807) is 48.5 Å². The summed E-state index contributed by atoms with van der Waals surface area (Å²) >= 11 is 5.93. The van der Waals surface area contributed by atoms with Crippen LogP contribution in [0.1, 0.15) is 10.4 Å². The summed E-state index contributed by atoms with van der Waals surface area (Å²) in [5, 5.41) is 3.14. The lowest BCUT2D eigenvalue weighted by Gasteiger charge is -2.22. The third kappa shape index (κ3) is 5.37. The first-order valence-corrected chi connectivity index (χ1v) is 9.69. The van der Waals surface area contributed by atoms with Crippen LogP contribution in [0.5, 0.6) is 5.75 Å². The van der Waals surface area contributed by atoms with Gasteiger partial charge in [-0.25, -0.2) is 8.42 Å². The molecule has 0 aliphatic carbocycles. The maximum atomic E-state index is 12.2. The molecule has 0 aliphatic rings. The van der Waals surface area contributed by atoms with Crippen LogP contribution < -0.4 is 14.4 Å². The van der Waals surface area contributed by atoms with E-state index >= 15 is 0 Å². The zero-order chi connectivity index (χ0) is 18.4. The van der Waals surface area contributed by atoms with E-state index in [-0.39, 0.29) is 19.0 Å². The van der Waals surface area contributed by atoms with Crippen molar-refractivity contribution in [3.63, 3.8) is 0 Å². The number of anilines is 1. The number of sulfonamides is 1. The number of methoxy groups -OCH3 is 1. The normalized spacial score (nSPS) is 11.0. The molecule has 0 unspecified atom stereocenters. The van der Waals surface area contributed by atoms with Crippen LogP contribution >= 0.6 is 11.6 Å². The van der Waals surface area contributed by atoms with Gasteiger partial charge in [0.1, 0.15) is 5.75 Å². The van der Waals surface area contributed by atoms with E-state index in [4.69, 9.17) is 16.3 Å². The van der Waals surface area contributed by atoms with Crippen LogP contribution in [-0.2, 0) is 10.0 Å². The van der Waals surface area contributed by atoms with Crippen molar-refractivity contribution in [2.45, 2.75) is 0 Å². The highest BCUT2D eigenvalue weighted by Gasteiger charge is 2.18. The minimum atomic E-state index is -3.50. The van der Waals surface area contributed by atoms with E-state index in [1.165, 1.54) is 11.4 Å². The number of rotatable bonds is 7. The Hall–Kier alpha value is -2.25. The molecule has 25 heavy (non-hydrogen) atoms. The molecular formula is C17H19ClN2O4S. The first-order chi connectivity index (χ1) is 11.8. The third-order valence-electron chi connectivity index (χ3n) is 3.43. The molecule has 8 heteroatoms. The Balaban J connectivity index is 2.05. The monoisotopic (exact) mass is 382 g/mol. The molecule has 2 rings (SSSR count). The van der Waals surface area contributed by atoms with E-state index in [1.807, 2.05) is 0 Å². The van der Waals surface area contributed by atoms with E-state index in [9.17, 15) is 13.2 Å². The van der Waals surface area contributed by atoms with Crippen molar-refractivity contribution in [2.24, 2.45) is 0 Å². The number of benzene rings is 2. The highest BCUT2D eigenvalue weighted by molar-refractivity contribution is 7.92. The summed E-state index contributed by atoms with van der Waals surface area (Å²) in [6.07, 6.45) is 1.11. The molecule has 0 spiro atoms. The molecule has 0 fully saturated rings. The van der Waals surface area contributed by atoms with E-state index in [2.05, 4.69) is 5.32 Å². The predicted octanol–water partition coefficient (Wildman–Crippen LogP) is 2.54. The lowest BCUT2D eigenvalue weighted by Crippen LogP contribution is -2.38. The molecule has 0 saturated carbocycles. The van der Waals surface area contributed by atoms with E-state index in [0.29, 0.717) is 22.0 Å². The van der Waals surface area contributed by atoms with Gasteiger partial charge in [-0.05, 0) is 36.4 Å². The molecule has 1 N–H and O–H groups in total. The maximum absolute atomic E-state index is 12.2. The number of nitrogens with zero attached hydrogens (tertiary/aromatic N) is 1. The number of carbonyl (C=O) groups is 1. The van der Waals surface area contributed by atoms with Crippen molar-refractivity contribution in [3.05, 3.63) is 59.1 Å². The first-order valence-electron chi connectivity index (χ1n) is 7.47. The van der Waals surface area contributed by atoms with Crippen molar-refractivity contribution in [1.29, 1.82) is 0 Å². The fraction of sp³-hybridized carbons (Fsp3) is 0.235. The molecule has 0 bridgehead atoms. The Bertz CT molecular complexity index is 855. The fourth-order valence-corrected chi connectivity index (χ4v) is 3.36. The molecule has 0 saturated heterocycles. The van der Waals surface area contributed by atoms with Gasteiger partial charge in [-0.2, -0.15) is 0 Å². The summed E-state index contributed by atoms with van der Waals surface area (Å²) < 4.78 is 30.3. The minimum Gasteiger partial charge on any atom is -0.497 e. The lowest BCUT2D eigenvalue weighted by atomic mass is 10.2. The summed E-state index contributed by atoms with van der Waals surface area (Å²) in [4.78, 5) is 12.2. The predicted molar refractivity (Wildman–Crippen MR) is 99.0 cm³/mol. The quantitative estimate of drug-likeness (QED) is 0.798. The second-order valence-electron chi connectivity index (χ2n) is 5.30. The van der Waals surface area contributed by atoms with Gasteiger partial charge in [0.05, 0.1) is 25.6 Å². The average molecular weight is 383 g/mol. The molecule has 1 amide bonds. The number of hydrogen-bond acceptors (Lipinski definition) is 4. The molecule has 0 heterocycles. The Morgan fingerprint density at radius 2 is 1.92 bits per heavy atom. The van der Waals surface area contributed by atoms with Gasteiger partial charge < -0.3 is 10.1 Å². The maximum Gasteiger partial charge on any atom is 0.251 e. The molecule has 2 aromatic rings. The summed E-state index contributed by atoms with van der Waals surface area (Å²) in [7, 11) is -1.98. The van der Waals surface area contributed by atoms with Gasteiger partial charge >= 0.3 is 0 Å². The van der Waals surface area contributed by atoms with Crippen molar-refractivity contribution in [1.82, 2.24) is 5.32 Å². The van der Waals surface area contributed by atoms with Gasteiger partial charge in [0.15, 0.2) is 0 Å². The highest BCUT2D eigenvalue weighted by Crippen LogP contribution is 2.21. The second-order valence-corrected chi connectivity index (χ2v) is 7.65. The second kappa shape index (κ2) is 8.22. The Morgan fingerprint density at radius 1 is 1.20 bits per heavy atom. The van der Waals surface area contributed by atoms with Gasteiger partial charge in [0.25, 0.3) is 5.91 Å². The number of carbonyl (C=O) groups excluding carboxylic acids is 1. The van der Waals surface area contributed by atoms with Crippen molar-refractivity contribution >= 4 is 33.2 Å². The molecule has 0 atom stereocenters. The van der Waals surface area contributed by atoms with E-state index < -0.39 is 10.0 Å². The first kappa shape index (κ1) is 19.1. The molecule has 0 aliphatic heterocycles. The Morgan fingerprint density at radius 3 is 2.56 bits per heavy atom. The zero-order valence-corrected chi connectivity index (χ0v) is 15.5. The molecule has 6 nitrogen and oxygen atoms in total. The highest BCUT2D eigenvalue weighted by atomic mass is 35.5. The average Bonchev–Trinajstić information content (AvgIpc) is 2.57. The van der Waals surface area contributed by atoms with Crippen molar-refractivity contribution in [3.8, 4) is 5.75 Å². The molecular weight excluding hydrogens is 364 g/mol. The number of ether oxygens (including phenoxy) is 1. The van der Waals surface area contributed by atoms with Gasteiger partial charge in [-0.15, -0.1) is 0 Å². The number of nitrogens with one attached hydrogen (secondary N) is 1. The minimum absolute atomic E-state index is 0.0921. The van der Waals surface area contributed by atoms with Crippen LogP contribution in [0.3, 0.4) is 0 Å². The fourth-order valence-electron chi connectivity index (χ4n) is 2.26. The molecule has 0 aromatic heterocycles. The smallest absolute Gasteiger partial charge is 0.251 e. The third-order valence-corrected chi connectivity index (χ3v) is 4.86. The Kier molecular flexibility index (Phi) is 6.27. The summed E-state index contributed by atoms with van der Waals surface area (Å²) in [5.41, 5.74) is 0.888. The topological polar surface area (TPSA) is 75.7 Å². The molecule has 0 radical (unpaired) electrons. The van der Waals surface area contributed by atoms with Gasteiger partial charge in [-0.1, -0.05) is 23.7 Å². The summed E-state index contributed by atoms with van der Waals surface area (Å²) in [6, 6.07) is 13.3. The standard InChI is InChI=1S/C17H19ClN2O4S/c1-24-16-8-3-5-13(11-16)17(21)19-9-10-20(25(2,22)23)15-7-4-6-14(18)12-15/h3-8,11-12H,9-10H2,1-2H3,(H,19,21). The van der Waals surface area contributed by atoms with Crippen molar-refractivity contribution in [2.75, 3.05) is 30.8 Å². The number of amides is 1. The van der Waals surface area contributed by atoms with Crippen LogP contribution in [0.15, 0.2) is 48.5 Å². The summed E-state index contributed by atoms with van der Waals surface area (Å²) in [5.74, 6) is 0.266. The largest absolute Gasteiger partial charge is 0.497 e. The van der Waals surface area contributed by atoms with Crippen molar-refractivity contribution < 1.29 is 17.9 Å². The van der Waals surface area contributed by atoms with Gasteiger partial charge in [0, 0.05) is 17.1 Å². The lowest BCUT2D eigenvalue weighted by molar-refractivity contribution is 0.0954. The SMILES string of the molecule is COc1cccc(C(=O)NCCN(c2cccc(Cl)c2)S(C)(=O)=O)c1.